The van der Waals surface area contributed by atoms with Crippen LogP contribution in [-0.4, -0.2) is 50.3 Å². The normalized spacial score (nSPS) is 25.7. The van der Waals surface area contributed by atoms with Crippen molar-refractivity contribution >= 4 is 15.0 Å². The number of nitrogens with zero attached hydrogens (tertiary/aromatic N) is 1. The topological polar surface area (TPSA) is 49.8 Å². The number of carbonyl (C=O) groups is 1. The van der Waals surface area contributed by atoms with Crippen molar-refractivity contribution in [3.63, 3.8) is 0 Å². The molecule has 2 aliphatic rings. The van der Waals surface area contributed by atoms with E-state index in [1.165, 1.54) is 24.8 Å². The summed E-state index contributed by atoms with van der Waals surface area (Å²) in [6.45, 7) is 12.8. The predicted octanol–water partition coefficient (Wildman–Crippen LogP) is 5.03. The lowest BCUT2D eigenvalue weighted by molar-refractivity contribution is -0.144. The molecule has 5 heteroatoms. The summed E-state index contributed by atoms with van der Waals surface area (Å²) in [4.78, 5) is 14.4. The van der Waals surface area contributed by atoms with E-state index in [0.717, 1.165) is 19.5 Å². The van der Waals surface area contributed by atoms with E-state index >= 15 is 0 Å². The maximum absolute atomic E-state index is 12.2. The minimum Gasteiger partial charge on any atom is -0.480 e. The Morgan fingerprint density at radius 2 is 1.86 bits per heavy atom. The number of benzene rings is 1. The van der Waals surface area contributed by atoms with Gasteiger partial charge in [-0.1, -0.05) is 70.4 Å². The highest BCUT2D eigenvalue weighted by molar-refractivity contribution is 6.48. The molecule has 1 saturated heterocycles. The molecule has 1 aromatic rings. The molecule has 1 aliphatic heterocycles. The maximum Gasteiger partial charge on any atom is 0.320 e. The molecule has 1 N–H and O–H groups in total. The molecule has 3 rings (SSSR count). The summed E-state index contributed by atoms with van der Waals surface area (Å²) in [6, 6.07) is 10.3. The lowest BCUT2D eigenvalue weighted by Gasteiger charge is -2.39. The first kappa shape index (κ1) is 22.5. The van der Waals surface area contributed by atoms with Crippen LogP contribution in [0.3, 0.4) is 0 Å². The van der Waals surface area contributed by atoms with Gasteiger partial charge >= 0.3 is 5.97 Å². The largest absolute Gasteiger partial charge is 0.480 e. The van der Waals surface area contributed by atoms with E-state index in [9.17, 15) is 9.90 Å². The summed E-state index contributed by atoms with van der Waals surface area (Å²) in [7, 11) is -0.859. The fourth-order valence-electron chi connectivity index (χ4n) is 5.09. The molecule has 29 heavy (non-hydrogen) atoms. The van der Waals surface area contributed by atoms with Gasteiger partial charge in [-0.2, -0.15) is 0 Å². The number of aliphatic carboxylic acids is 1. The maximum atomic E-state index is 12.2. The van der Waals surface area contributed by atoms with Gasteiger partial charge in [-0.15, -0.1) is 0 Å². The standard InChI is InChI=1S/C24H38NO3Si/c1-24(2,3)22(28-29(4)5)20-16-25(15-19(20)18-12-7-6-8-13-18)21(23(26)27)14-17-10-9-11-17/h6-8,12-13,17,19-22H,9-11,14-16H2,1-5H3,(H,26,27)/t19-,20+,21-,22?/m1/s1. The second-order valence-corrected chi connectivity index (χ2v) is 12.4. The Morgan fingerprint density at radius 1 is 1.21 bits per heavy atom. The monoisotopic (exact) mass is 416 g/mol. The van der Waals surface area contributed by atoms with Gasteiger partial charge in [0.1, 0.15) is 6.04 Å². The van der Waals surface area contributed by atoms with Crippen LogP contribution in [0.25, 0.3) is 0 Å². The van der Waals surface area contributed by atoms with Crippen molar-refractivity contribution in [3.05, 3.63) is 35.9 Å². The van der Waals surface area contributed by atoms with Crippen molar-refractivity contribution in [2.24, 2.45) is 17.3 Å². The smallest absolute Gasteiger partial charge is 0.320 e. The molecule has 0 bridgehead atoms. The summed E-state index contributed by atoms with van der Waals surface area (Å²) in [5, 5.41) is 10.0. The molecular formula is C24H38NO3Si. The number of hydrogen-bond donors (Lipinski definition) is 1. The third-order valence-corrected chi connectivity index (χ3v) is 7.46. The Kier molecular flexibility index (Phi) is 7.23. The van der Waals surface area contributed by atoms with Gasteiger partial charge in [0.2, 0.25) is 9.04 Å². The molecular weight excluding hydrogens is 378 g/mol. The van der Waals surface area contributed by atoms with E-state index in [4.69, 9.17) is 4.43 Å². The van der Waals surface area contributed by atoms with Crippen LogP contribution in [0.1, 0.15) is 57.9 Å². The molecule has 0 aromatic heterocycles. The van der Waals surface area contributed by atoms with Gasteiger partial charge in [0.05, 0.1) is 6.10 Å². The third-order valence-electron chi connectivity index (χ3n) is 6.73. The molecule has 1 heterocycles. The number of carboxylic acids is 1. The van der Waals surface area contributed by atoms with E-state index in [1.54, 1.807) is 0 Å². The van der Waals surface area contributed by atoms with Crippen LogP contribution in [-0.2, 0) is 9.22 Å². The molecule has 1 aliphatic carbocycles. The molecule has 1 saturated carbocycles. The fourth-order valence-corrected chi connectivity index (χ4v) is 6.12. The van der Waals surface area contributed by atoms with Gasteiger partial charge in [-0.25, -0.2) is 0 Å². The van der Waals surface area contributed by atoms with Crippen LogP contribution < -0.4 is 0 Å². The molecule has 0 spiro atoms. The summed E-state index contributed by atoms with van der Waals surface area (Å²) in [6.07, 6.45) is 4.55. The van der Waals surface area contributed by atoms with Crippen LogP contribution >= 0.6 is 0 Å². The van der Waals surface area contributed by atoms with Crippen molar-refractivity contribution in [1.82, 2.24) is 4.90 Å². The van der Waals surface area contributed by atoms with Crippen LogP contribution in [0.2, 0.25) is 13.1 Å². The zero-order valence-electron chi connectivity index (χ0n) is 18.7. The number of carboxylic acid groups (broad SMARTS) is 1. The second kappa shape index (κ2) is 9.32. The first-order valence-corrected chi connectivity index (χ1v) is 13.6. The zero-order valence-corrected chi connectivity index (χ0v) is 19.7. The van der Waals surface area contributed by atoms with Crippen molar-refractivity contribution in [3.8, 4) is 0 Å². The van der Waals surface area contributed by atoms with Gasteiger partial charge in [-0.3, -0.25) is 9.69 Å². The highest BCUT2D eigenvalue weighted by Gasteiger charge is 2.47. The molecule has 1 aromatic carbocycles. The quantitative estimate of drug-likeness (QED) is 0.604. The average molecular weight is 417 g/mol. The van der Waals surface area contributed by atoms with E-state index < -0.39 is 15.0 Å². The Labute approximate surface area is 178 Å². The molecule has 2 fully saturated rings. The van der Waals surface area contributed by atoms with Gasteiger partial charge in [0.15, 0.2) is 0 Å². The van der Waals surface area contributed by atoms with Gasteiger partial charge in [0, 0.05) is 24.9 Å². The summed E-state index contributed by atoms with van der Waals surface area (Å²) >= 11 is 0. The average Bonchev–Trinajstić information content (AvgIpc) is 3.02. The van der Waals surface area contributed by atoms with Gasteiger partial charge in [-0.05, 0) is 36.4 Å². The number of likely N-dealkylation sites (tertiary alicyclic amines) is 1. The zero-order chi connectivity index (χ0) is 21.2. The van der Waals surface area contributed by atoms with E-state index in [0.29, 0.717) is 17.8 Å². The highest BCUT2D eigenvalue weighted by Crippen LogP contribution is 2.43. The van der Waals surface area contributed by atoms with Gasteiger partial charge in [0.25, 0.3) is 0 Å². The number of rotatable bonds is 8. The third kappa shape index (κ3) is 5.50. The lowest BCUT2D eigenvalue weighted by atomic mass is 9.75. The highest BCUT2D eigenvalue weighted by atomic mass is 28.3. The first-order chi connectivity index (χ1) is 13.7. The summed E-state index contributed by atoms with van der Waals surface area (Å²) in [5.41, 5.74) is 1.33. The van der Waals surface area contributed by atoms with Crippen LogP contribution in [0.15, 0.2) is 30.3 Å². The minimum atomic E-state index is -0.859. The van der Waals surface area contributed by atoms with E-state index in [1.807, 2.05) is 0 Å². The molecule has 0 amide bonds. The second-order valence-electron chi connectivity index (χ2n) is 10.3. The molecule has 4 atom stereocenters. The van der Waals surface area contributed by atoms with Crippen LogP contribution in [0, 0.1) is 17.3 Å². The van der Waals surface area contributed by atoms with Crippen molar-refractivity contribution < 1.29 is 14.3 Å². The van der Waals surface area contributed by atoms with Crippen LogP contribution in [0.4, 0.5) is 0 Å². The molecule has 4 nitrogen and oxygen atoms in total. The Balaban J connectivity index is 1.89. The van der Waals surface area contributed by atoms with E-state index in [-0.39, 0.29) is 17.6 Å². The molecule has 1 unspecified atom stereocenters. The van der Waals surface area contributed by atoms with Crippen molar-refractivity contribution in [2.45, 2.75) is 77.6 Å². The Bertz CT molecular complexity index is 668. The predicted molar refractivity (Wildman–Crippen MR) is 119 cm³/mol. The summed E-state index contributed by atoms with van der Waals surface area (Å²) < 4.78 is 6.58. The molecule has 1 radical (unpaired) electrons. The Hall–Kier alpha value is -1.17. The molecule has 161 valence electrons. The van der Waals surface area contributed by atoms with Crippen LogP contribution in [0.5, 0.6) is 0 Å². The SMILES string of the molecule is C[Si](C)OC([C@H]1CN([C@H](CC2CCC2)C(=O)O)C[C@@H]1c1ccccc1)C(C)(C)C. The lowest BCUT2D eigenvalue weighted by Crippen LogP contribution is -2.45. The fraction of sp³-hybridized carbons (Fsp3) is 0.708. The summed E-state index contributed by atoms with van der Waals surface area (Å²) in [5.74, 6) is 0.542. The van der Waals surface area contributed by atoms with Gasteiger partial charge < -0.3 is 9.53 Å². The minimum absolute atomic E-state index is 0.0162. The van der Waals surface area contributed by atoms with Crippen molar-refractivity contribution in [1.29, 1.82) is 0 Å². The van der Waals surface area contributed by atoms with E-state index in [2.05, 4.69) is 69.1 Å². The van der Waals surface area contributed by atoms with Crippen molar-refractivity contribution in [2.75, 3.05) is 13.1 Å². The first-order valence-electron chi connectivity index (χ1n) is 11.2. The number of hydrogen-bond acceptors (Lipinski definition) is 3. The Morgan fingerprint density at radius 3 is 2.34 bits per heavy atom.